The van der Waals surface area contributed by atoms with E-state index in [1.165, 1.54) is 0 Å². The van der Waals surface area contributed by atoms with Crippen LogP contribution in [0.3, 0.4) is 0 Å². The smallest absolute Gasteiger partial charge is 0.257 e. The van der Waals surface area contributed by atoms with Crippen molar-refractivity contribution in [2.24, 2.45) is 0 Å². The van der Waals surface area contributed by atoms with Crippen LogP contribution < -0.4 is 16.5 Å². The van der Waals surface area contributed by atoms with Gasteiger partial charge in [0.1, 0.15) is 5.56 Å². The van der Waals surface area contributed by atoms with Gasteiger partial charge in [-0.2, -0.15) is 0 Å². The number of hydrogen-bond acceptors (Lipinski definition) is 3. The maximum absolute atomic E-state index is 12.7. The van der Waals surface area contributed by atoms with Crippen LogP contribution in [-0.4, -0.2) is 17.0 Å². The van der Waals surface area contributed by atoms with E-state index in [0.717, 1.165) is 31.3 Å². The van der Waals surface area contributed by atoms with Gasteiger partial charge < -0.3 is 15.6 Å². The van der Waals surface area contributed by atoms with Crippen molar-refractivity contribution in [2.75, 3.05) is 12.3 Å². The zero-order valence-corrected chi connectivity index (χ0v) is 13.5. The van der Waals surface area contributed by atoms with Crippen molar-refractivity contribution in [1.82, 2.24) is 9.88 Å². The van der Waals surface area contributed by atoms with E-state index in [4.69, 9.17) is 5.73 Å². The molecule has 1 aromatic carbocycles. The molecule has 0 aliphatic rings. The van der Waals surface area contributed by atoms with Crippen molar-refractivity contribution >= 4 is 22.5 Å². The first-order chi connectivity index (χ1) is 11.1. The number of anilines is 1. The molecule has 0 saturated carbocycles. The second-order valence-corrected chi connectivity index (χ2v) is 5.51. The summed E-state index contributed by atoms with van der Waals surface area (Å²) < 4.78 is 1.95. The summed E-state index contributed by atoms with van der Waals surface area (Å²) in [5, 5.41) is 3.07. The van der Waals surface area contributed by atoms with E-state index in [2.05, 4.69) is 18.8 Å². The van der Waals surface area contributed by atoms with Crippen molar-refractivity contribution in [3.05, 3.63) is 52.8 Å². The Morgan fingerprint density at radius 2 is 2.17 bits per heavy atom. The zero-order chi connectivity index (χ0) is 16.8. The molecule has 1 aromatic heterocycles. The molecule has 5 nitrogen and oxygen atoms in total. The Labute approximate surface area is 135 Å². The van der Waals surface area contributed by atoms with Gasteiger partial charge in [-0.15, -0.1) is 6.58 Å². The second kappa shape index (κ2) is 7.63. The quantitative estimate of drug-likeness (QED) is 0.469. The molecule has 0 bridgehead atoms. The number of aryl methyl sites for hydroxylation is 1. The highest BCUT2D eigenvalue weighted by Gasteiger charge is 2.16. The number of fused-ring (bicyclic) bond motifs is 1. The molecule has 0 radical (unpaired) electrons. The largest absolute Gasteiger partial charge is 0.398 e. The minimum absolute atomic E-state index is 0.119. The van der Waals surface area contributed by atoms with Crippen molar-refractivity contribution in [3.63, 3.8) is 0 Å². The van der Waals surface area contributed by atoms with Gasteiger partial charge in [-0.1, -0.05) is 31.9 Å². The molecule has 1 heterocycles. The average Bonchev–Trinajstić information content (AvgIpc) is 2.54. The third kappa shape index (κ3) is 3.62. The lowest BCUT2D eigenvalue weighted by molar-refractivity contribution is 0.0956. The van der Waals surface area contributed by atoms with Gasteiger partial charge in [0.2, 0.25) is 5.43 Å². The van der Waals surface area contributed by atoms with Crippen LogP contribution in [0.1, 0.15) is 36.5 Å². The highest BCUT2D eigenvalue weighted by atomic mass is 16.2. The van der Waals surface area contributed by atoms with E-state index in [9.17, 15) is 9.59 Å². The van der Waals surface area contributed by atoms with Gasteiger partial charge in [0.15, 0.2) is 0 Å². The molecule has 5 heteroatoms. The summed E-state index contributed by atoms with van der Waals surface area (Å²) in [6, 6.07) is 5.38. The SMILES string of the molecule is C=CCNC(=O)c1cn(CCCCC)c2cccc(N)c2c1=O. The third-order valence-corrected chi connectivity index (χ3v) is 3.79. The number of aromatic nitrogens is 1. The number of nitrogens with two attached hydrogens (primary N) is 1. The van der Waals surface area contributed by atoms with Gasteiger partial charge in [-0.05, 0) is 18.6 Å². The predicted octanol–water partition coefficient (Wildman–Crippen LogP) is 2.69. The molecule has 23 heavy (non-hydrogen) atoms. The Bertz CT molecular complexity index is 778. The van der Waals surface area contributed by atoms with Crippen molar-refractivity contribution in [2.45, 2.75) is 32.7 Å². The first-order valence-electron chi connectivity index (χ1n) is 7.90. The van der Waals surface area contributed by atoms with Crippen LogP contribution in [0.5, 0.6) is 0 Å². The van der Waals surface area contributed by atoms with E-state index in [1.54, 1.807) is 18.3 Å². The van der Waals surface area contributed by atoms with Crippen LogP contribution in [0.15, 0.2) is 41.8 Å². The van der Waals surface area contributed by atoms with E-state index in [0.29, 0.717) is 17.6 Å². The molecule has 0 saturated heterocycles. The third-order valence-electron chi connectivity index (χ3n) is 3.79. The number of rotatable bonds is 7. The van der Waals surface area contributed by atoms with E-state index in [1.807, 2.05) is 16.7 Å². The molecule has 2 rings (SSSR count). The van der Waals surface area contributed by atoms with Gasteiger partial charge in [-0.3, -0.25) is 9.59 Å². The Morgan fingerprint density at radius 1 is 1.39 bits per heavy atom. The molecule has 0 aliphatic heterocycles. The van der Waals surface area contributed by atoms with Crippen LogP contribution in [0.25, 0.3) is 10.9 Å². The average molecular weight is 313 g/mol. The minimum Gasteiger partial charge on any atom is -0.398 e. The lowest BCUT2D eigenvalue weighted by atomic mass is 10.1. The van der Waals surface area contributed by atoms with Gasteiger partial charge >= 0.3 is 0 Å². The predicted molar refractivity (Wildman–Crippen MR) is 94.7 cm³/mol. The van der Waals surface area contributed by atoms with Crippen molar-refractivity contribution < 1.29 is 4.79 Å². The first-order valence-corrected chi connectivity index (χ1v) is 7.90. The zero-order valence-electron chi connectivity index (χ0n) is 13.5. The molecule has 0 unspecified atom stereocenters. The second-order valence-electron chi connectivity index (χ2n) is 5.51. The summed E-state index contributed by atoms with van der Waals surface area (Å²) in [6.07, 6.45) is 6.39. The fraction of sp³-hybridized carbons (Fsp3) is 0.333. The number of carbonyl (C=O) groups excluding carboxylic acids is 1. The van der Waals surface area contributed by atoms with Crippen LogP contribution in [0.2, 0.25) is 0 Å². The Balaban J connectivity index is 2.57. The van der Waals surface area contributed by atoms with Crippen molar-refractivity contribution in [3.8, 4) is 0 Å². The van der Waals surface area contributed by atoms with Gasteiger partial charge in [0.05, 0.1) is 10.9 Å². The molecule has 0 atom stereocenters. The van der Waals surface area contributed by atoms with Crippen LogP contribution >= 0.6 is 0 Å². The molecule has 3 N–H and O–H groups in total. The normalized spacial score (nSPS) is 10.7. The summed E-state index contributed by atoms with van der Waals surface area (Å²) >= 11 is 0. The maximum Gasteiger partial charge on any atom is 0.257 e. The molecule has 122 valence electrons. The monoisotopic (exact) mass is 313 g/mol. The van der Waals surface area contributed by atoms with Gasteiger partial charge in [0.25, 0.3) is 5.91 Å². The molecule has 1 amide bonds. The number of nitrogen functional groups attached to an aromatic ring is 1. The summed E-state index contributed by atoms with van der Waals surface area (Å²) in [4.78, 5) is 24.9. The van der Waals surface area contributed by atoms with Crippen LogP contribution in [0.4, 0.5) is 5.69 Å². The summed E-state index contributed by atoms with van der Waals surface area (Å²) in [7, 11) is 0. The van der Waals surface area contributed by atoms with Crippen LogP contribution in [-0.2, 0) is 6.54 Å². The fourth-order valence-electron chi connectivity index (χ4n) is 2.60. The number of hydrogen-bond donors (Lipinski definition) is 2. The first kappa shape index (κ1) is 16.8. The highest BCUT2D eigenvalue weighted by molar-refractivity contribution is 6.00. The number of carbonyl (C=O) groups is 1. The Hall–Kier alpha value is -2.56. The number of nitrogens with one attached hydrogen (secondary N) is 1. The molecule has 2 aromatic rings. The van der Waals surface area contributed by atoms with Gasteiger partial charge in [-0.25, -0.2) is 0 Å². The standard InChI is InChI=1S/C18H23N3O2/c1-3-5-6-11-21-12-13(18(23)20-10-4-2)17(22)16-14(19)8-7-9-15(16)21/h4,7-9,12H,2-3,5-6,10-11,19H2,1H3,(H,20,23). The summed E-state index contributed by atoms with van der Waals surface area (Å²) in [6.45, 7) is 6.76. The Kier molecular flexibility index (Phi) is 5.57. The minimum atomic E-state index is -0.399. The number of amides is 1. The molecular weight excluding hydrogens is 290 g/mol. The van der Waals surface area contributed by atoms with E-state index in [-0.39, 0.29) is 11.0 Å². The van der Waals surface area contributed by atoms with Crippen molar-refractivity contribution in [1.29, 1.82) is 0 Å². The lowest BCUT2D eigenvalue weighted by Crippen LogP contribution is -2.30. The van der Waals surface area contributed by atoms with Gasteiger partial charge in [0, 0.05) is 25.0 Å². The molecule has 0 spiro atoms. The number of benzene rings is 1. The number of nitrogens with zero attached hydrogens (tertiary/aromatic N) is 1. The molecule has 0 fully saturated rings. The summed E-state index contributed by atoms with van der Waals surface area (Å²) in [5.74, 6) is -0.399. The number of unbranched alkanes of at least 4 members (excludes halogenated alkanes) is 2. The fourth-order valence-corrected chi connectivity index (χ4v) is 2.60. The molecule has 0 aliphatic carbocycles. The topological polar surface area (TPSA) is 77.1 Å². The summed E-state index contributed by atoms with van der Waals surface area (Å²) in [5.41, 5.74) is 6.95. The molecular formula is C18H23N3O2. The van der Waals surface area contributed by atoms with Crippen LogP contribution in [0, 0.1) is 0 Å². The Morgan fingerprint density at radius 3 is 2.87 bits per heavy atom. The van der Waals surface area contributed by atoms with E-state index < -0.39 is 5.91 Å². The van der Waals surface area contributed by atoms with E-state index >= 15 is 0 Å². The number of pyridine rings is 1. The lowest BCUT2D eigenvalue weighted by Gasteiger charge is -2.14. The maximum atomic E-state index is 12.7. The highest BCUT2D eigenvalue weighted by Crippen LogP contribution is 2.19.